The van der Waals surface area contributed by atoms with E-state index in [1.165, 1.54) is 18.4 Å². The van der Waals surface area contributed by atoms with Crippen molar-refractivity contribution in [2.75, 3.05) is 31.1 Å². The summed E-state index contributed by atoms with van der Waals surface area (Å²) in [6, 6.07) is 8.16. The van der Waals surface area contributed by atoms with E-state index < -0.39 is 0 Å². The fraction of sp³-hybridized carbons (Fsp3) is 0.619. The lowest BCUT2D eigenvalue weighted by Crippen LogP contribution is -2.36. The standard InChI is InChI=1S/C21H31N3O2/c1-2-4-16-6-8-19(9-7-16)24-15-18(13-20(24)25)21(26)23-12-10-17-5-3-11-22-14-17/h6-9,17-18,22H,2-5,10-15H2,1H3,(H,23,26). The topological polar surface area (TPSA) is 61.4 Å². The fourth-order valence-electron chi connectivity index (χ4n) is 3.98. The Bertz CT molecular complexity index is 608. The van der Waals surface area contributed by atoms with Gasteiger partial charge in [-0.1, -0.05) is 25.5 Å². The molecule has 0 spiro atoms. The van der Waals surface area contributed by atoms with E-state index in [1.807, 2.05) is 12.1 Å². The van der Waals surface area contributed by atoms with Crippen LogP contribution in [-0.2, 0) is 16.0 Å². The van der Waals surface area contributed by atoms with Crippen molar-refractivity contribution in [2.45, 2.75) is 45.4 Å². The number of hydrogen-bond donors (Lipinski definition) is 2. The lowest BCUT2D eigenvalue weighted by atomic mass is 9.96. The molecule has 2 aliphatic rings. The van der Waals surface area contributed by atoms with Crippen LogP contribution in [0.25, 0.3) is 0 Å². The van der Waals surface area contributed by atoms with Crippen LogP contribution in [-0.4, -0.2) is 38.0 Å². The minimum atomic E-state index is -0.234. The molecule has 3 rings (SSSR count). The highest BCUT2D eigenvalue weighted by Gasteiger charge is 2.35. The van der Waals surface area contributed by atoms with Gasteiger partial charge < -0.3 is 15.5 Å². The van der Waals surface area contributed by atoms with Crippen molar-refractivity contribution in [3.8, 4) is 0 Å². The molecule has 0 saturated carbocycles. The highest BCUT2D eigenvalue weighted by atomic mass is 16.2. The predicted octanol–water partition coefficient (Wildman–Crippen LogP) is 2.50. The Hall–Kier alpha value is -1.88. The molecular weight excluding hydrogens is 326 g/mol. The average molecular weight is 357 g/mol. The van der Waals surface area contributed by atoms with Crippen LogP contribution in [0.4, 0.5) is 5.69 Å². The molecule has 5 heteroatoms. The first kappa shape index (κ1) is 18.9. The number of carbonyl (C=O) groups is 2. The zero-order chi connectivity index (χ0) is 18.4. The highest BCUT2D eigenvalue weighted by Crippen LogP contribution is 2.26. The van der Waals surface area contributed by atoms with E-state index in [4.69, 9.17) is 0 Å². The smallest absolute Gasteiger partial charge is 0.227 e. The normalized spacial score (nSPS) is 23.3. The van der Waals surface area contributed by atoms with Gasteiger partial charge in [0.15, 0.2) is 0 Å². The molecule has 26 heavy (non-hydrogen) atoms. The van der Waals surface area contributed by atoms with Crippen molar-refractivity contribution < 1.29 is 9.59 Å². The number of anilines is 1. The molecule has 1 aromatic carbocycles. The minimum absolute atomic E-state index is 0.0206. The Balaban J connectivity index is 1.47. The molecule has 1 aromatic rings. The number of aryl methyl sites for hydroxylation is 1. The van der Waals surface area contributed by atoms with Crippen molar-refractivity contribution in [3.05, 3.63) is 29.8 Å². The molecule has 0 aromatic heterocycles. The summed E-state index contributed by atoms with van der Waals surface area (Å²) in [5, 5.41) is 6.45. The molecule has 2 unspecified atom stereocenters. The molecule has 142 valence electrons. The molecule has 2 fully saturated rings. The van der Waals surface area contributed by atoms with Crippen molar-refractivity contribution in [1.29, 1.82) is 0 Å². The summed E-state index contributed by atoms with van der Waals surface area (Å²) in [5.41, 5.74) is 2.19. The third-order valence-corrected chi connectivity index (χ3v) is 5.53. The minimum Gasteiger partial charge on any atom is -0.356 e. The van der Waals surface area contributed by atoms with Gasteiger partial charge in [0, 0.05) is 25.2 Å². The van der Waals surface area contributed by atoms with Crippen LogP contribution in [0.5, 0.6) is 0 Å². The number of nitrogens with one attached hydrogen (secondary N) is 2. The number of nitrogens with zero attached hydrogens (tertiary/aromatic N) is 1. The quantitative estimate of drug-likeness (QED) is 0.788. The Kier molecular flexibility index (Phi) is 6.67. The highest BCUT2D eigenvalue weighted by molar-refractivity contribution is 6.00. The number of amides is 2. The van der Waals surface area contributed by atoms with Gasteiger partial charge in [0.05, 0.1) is 5.92 Å². The van der Waals surface area contributed by atoms with Gasteiger partial charge in [-0.3, -0.25) is 9.59 Å². The number of hydrogen-bond acceptors (Lipinski definition) is 3. The molecule has 0 aliphatic carbocycles. The Labute approximate surface area is 156 Å². The molecular formula is C21H31N3O2. The molecule has 2 aliphatic heterocycles. The molecule has 0 bridgehead atoms. The zero-order valence-corrected chi connectivity index (χ0v) is 15.8. The Morgan fingerprint density at radius 3 is 2.81 bits per heavy atom. The first-order chi connectivity index (χ1) is 12.7. The van der Waals surface area contributed by atoms with Gasteiger partial charge in [-0.25, -0.2) is 0 Å². The van der Waals surface area contributed by atoms with Gasteiger partial charge in [0.1, 0.15) is 0 Å². The summed E-state index contributed by atoms with van der Waals surface area (Å²) in [6.07, 6.45) is 5.96. The van der Waals surface area contributed by atoms with Crippen LogP contribution in [0.2, 0.25) is 0 Å². The van der Waals surface area contributed by atoms with Crippen molar-refractivity contribution in [3.63, 3.8) is 0 Å². The van der Waals surface area contributed by atoms with Crippen molar-refractivity contribution in [2.24, 2.45) is 11.8 Å². The number of rotatable bonds is 7. The van der Waals surface area contributed by atoms with E-state index >= 15 is 0 Å². The fourth-order valence-corrected chi connectivity index (χ4v) is 3.98. The van der Waals surface area contributed by atoms with E-state index in [0.717, 1.165) is 38.0 Å². The maximum Gasteiger partial charge on any atom is 0.227 e. The summed E-state index contributed by atoms with van der Waals surface area (Å²) in [5.74, 6) is 0.492. The Morgan fingerprint density at radius 1 is 1.31 bits per heavy atom. The molecule has 2 heterocycles. The van der Waals surface area contributed by atoms with E-state index in [-0.39, 0.29) is 17.7 Å². The SMILES string of the molecule is CCCc1ccc(N2CC(C(=O)NCCC3CCCNC3)CC2=O)cc1. The first-order valence-corrected chi connectivity index (χ1v) is 10.0. The van der Waals surface area contributed by atoms with E-state index in [1.54, 1.807) is 4.90 Å². The van der Waals surface area contributed by atoms with Crippen LogP contribution in [0.1, 0.15) is 44.6 Å². The maximum absolute atomic E-state index is 12.4. The van der Waals surface area contributed by atoms with E-state index in [9.17, 15) is 9.59 Å². The number of benzene rings is 1. The van der Waals surface area contributed by atoms with E-state index in [0.29, 0.717) is 25.4 Å². The van der Waals surface area contributed by atoms with Gasteiger partial charge in [-0.05, 0) is 62.4 Å². The summed E-state index contributed by atoms with van der Waals surface area (Å²) in [7, 11) is 0. The number of piperidine rings is 1. The summed E-state index contributed by atoms with van der Waals surface area (Å²) in [6.45, 7) is 5.53. The third kappa shape index (κ3) is 4.85. The largest absolute Gasteiger partial charge is 0.356 e. The van der Waals surface area contributed by atoms with Crippen LogP contribution in [0.3, 0.4) is 0 Å². The van der Waals surface area contributed by atoms with Crippen LogP contribution >= 0.6 is 0 Å². The Morgan fingerprint density at radius 2 is 2.12 bits per heavy atom. The second-order valence-electron chi connectivity index (χ2n) is 7.61. The average Bonchev–Trinajstić information content (AvgIpc) is 3.05. The molecule has 2 N–H and O–H groups in total. The molecule has 2 amide bonds. The molecule has 2 saturated heterocycles. The first-order valence-electron chi connectivity index (χ1n) is 10.0. The van der Waals surface area contributed by atoms with Crippen LogP contribution < -0.4 is 15.5 Å². The third-order valence-electron chi connectivity index (χ3n) is 5.53. The maximum atomic E-state index is 12.4. The lowest BCUT2D eigenvalue weighted by Gasteiger charge is -2.23. The second kappa shape index (κ2) is 9.17. The van der Waals surface area contributed by atoms with Gasteiger partial charge in [-0.15, -0.1) is 0 Å². The van der Waals surface area contributed by atoms with Gasteiger partial charge >= 0.3 is 0 Å². The van der Waals surface area contributed by atoms with Crippen molar-refractivity contribution >= 4 is 17.5 Å². The van der Waals surface area contributed by atoms with Gasteiger partial charge in [-0.2, -0.15) is 0 Å². The molecule has 2 atom stereocenters. The van der Waals surface area contributed by atoms with Gasteiger partial charge in [0.25, 0.3) is 0 Å². The second-order valence-corrected chi connectivity index (χ2v) is 7.61. The lowest BCUT2D eigenvalue weighted by molar-refractivity contribution is -0.126. The summed E-state index contributed by atoms with van der Waals surface area (Å²) >= 11 is 0. The monoisotopic (exact) mass is 357 g/mol. The zero-order valence-electron chi connectivity index (χ0n) is 15.8. The molecule has 0 radical (unpaired) electrons. The van der Waals surface area contributed by atoms with Gasteiger partial charge in [0.2, 0.25) is 11.8 Å². The van der Waals surface area contributed by atoms with Crippen molar-refractivity contribution in [1.82, 2.24) is 10.6 Å². The van der Waals surface area contributed by atoms with Crippen LogP contribution in [0.15, 0.2) is 24.3 Å². The van der Waals surface area contributed by atoms with Crippen LogP contribution in [0, 0.1) is 11.8 Å². The van der Waals surface area contributed by atoms with E-state index in [2.05, 4.69) is 29.7 Å². The molecule has 5 nitrogen and oxygen atoms in total. The number of carbonyl (C=O) groups excluding carboxylic acids is 2. The summed E-state index contributed by atoms with van der Waals surface area (Å²) in [4.78, 5) is 26.6. The predicted molar refractivity (Wildman–Crippen MR) is 104 cm³/mol. The summed E-state index contributed by atoms with van der Waals surface area (Å²) < 4.78 is 0.